The first-order chi connectivity index (χ1) is 18.6. The predicted molar refractivity (Wildman–Crippen MR) is 149 cm³/mol. The highest BCUT2D eigenvalue weighted by atomic mass is 32.1. The summed E-state index contributed by atoms with van der Waals surface area (Å²) < 4.78 is 11.6. The lowest BCUT2D eigenvalue weighted by atomic mass is 9.96. The topological polar surface area (TPSA) is 95.1 Å². The number of carbonyl (C=O) groups is 1. The van der Waals surface area contributed by atoms with E-state index >= 15 is 0 Å². The number of ether oxygens (including phenoxy) is 2. The highest BCUT2D eigenvalue weighted by Gasteiger charge is 2.22. The van der Waals surface area contributed by atoms with Gasteiger partial charge in [0.15, 0.2) is 11.5 Å². The van der Waals surface area contributed by atoms with Crippen molar-refractivity contribution in [3.05, 3.63) is 93.4 Å². The minimum atomic E-state index is -0.544. The van der Waals surface area contributed by atoms with E-state index in [1.165, 1.54) is 17.4 Å². The largest absolute Gasteiger partial charge is 0.493 e. The van der Waals surface area contributed by atoms with Gasteiger partial charge in [-0.2, -0.15) is 10.5 Å². The molecule has 5 rings (SSSR count). The second-order valence-corrected chi connectivity index (χ2v) is 10.1. The second-order valence-electron chi connectivity index (χ2n) is 8.99. The Morgan fingerprint density at radius 3 is 2.68 bits per heavy atom. The summed E-state index contributed by atoms with van der Waals surface area (Å²) in [6.07, 6.45) is 5.39. The standard InChI is InChI=1S/C31H25N3O3S/c1-36-28-16-20(13-14-27(28)37-19-22-9-6-8-21-7-2-3-10-24(21)22)15-23(17-32)30(35)34-31-26(18-33)25-11-4-5-12-29(25)38-31/h2-3,6-10,13-16H,4-5,11-12,19H2,1H3,(H,34,35)/b23-15+. The van der Waals surface area contributed by atoms with E-state index in [0.717, 1.165) is 52.5 Å². The maximum Gasteiger partial charge on any atom is 0.266 e. The molecule has 0 saturated carbocycles. The number of nitriles is 2. The van der Waals surface area contributed by atoms with Crippen molar-refractivity contribution in [3.8, 4) is 23.6 Å². The van der Waals surface area contributed by atoms with Gasteiger partial charge in [-0.05, 0) is 71.4 Å². The Hall–Kier alpha value is -4.59. The van der Waals surface area contributed by atoms with E-state index in [1.807, 2.05) is 30.3 Å². The fourth-order valence-electron chi connectivity index (χ4n) is 4.73. The van der Waals surface area contributed by atoms with Gasteiger partial charge in [-0.1, -0.05) is 48.5 Å². The Bertz CT molecular complexity index is 1630. The molecule has 1 aliphatic rings. The fourth-order valence-corrected chi connectivity index (χ4v) is 5.96. The second kappa shape index (κ2) is 11.2. The Kier molecular flexibility index (Phi) is 7.40. The van der Waals surface area contributed by atoms with E-state index in [-0.39, 0.29) is 5.57 Å². The first-order valence-electron chi connectivity index (χ1n) is 12.4. The summed E-state index contributed by atoms with van der Waals surface area (Å²) in [5.41, 5.74) is 3.17. The van der Waals surface area contributed by atoms with Crippen LogP contribution < -0.4 is 14.8 Å². The van der Waals surface area contributed by atoms with Crippen LogP contribution in [0.5, 0.6) is 11.5 Å². The number of benzene rings is 3. The average molecular weight is 520 g/mol. The fraction of sp³-hybridized carbons (Fsp3) is 0.194. The maximum atomic E-state index is 13.0. The molecule has 7 heteroatoms. The first-order valence-corrected chi connectivity index (χ1v) is 13.2. The number of hydrogen-bond donors (Lipinski definition) is 1. The minimum Gasteiger partial charge on any atom is -0.493 e. The van der Waals surface area contributed by atoms with E-state index in [1.54, 1.807) is 25.3 Å². The molecule has 4 aromatic rings. The Morgan fingerprint density at radius 1 is 1.05 bits per heavy atom. The molecule has 1 amide bonds. The van der Waals surface area contributed by atoms with Crippen LogP contribution in [0, 0.1) is 22.7 Å². The molecule has 0 spiro atoms. The van der Waals surface area contributed by atoms with Gasteiger partial charge in [0.1, 0.15) is 29.3 Å². The molecule has 0 atom stereocenters. The van der Waals surface area contributed by atoms with Gasteiger partial charge in [0.25, 0.3) is 5.91 Å². The molecule has 0 bridgehead atoms. The zero-order valence-corrected chi connectivity index (χ0v) is 21.7. The number of nitrogens with one attached hydrogen (secondary N) is 1. The van der Waals surface area contributed by atoms with E-state index in [0.29, 0.717) is 34.2 Å². The quantitative estimate of drug-likeness (QED) is 0.214. The molecule has 0 saturated heterocycles. The minimum absolute atomic E-state index is 0.0632. The van der Waals surface area contributed by atoms with E-state index in [2.05, 4.69) is 29.6 Å². The number of carbonyl (C=O) groups excluding carboxylic acids is 1. The van der Waals surface area contributed by atoms with Crippen molar-refractivity contribution in [2.45, 2.75) is 32.3 Å². The molecule has 3 aromatic carbocycles. The van der Waals surface area contributed by atoms with Crippen LogP contribution in [0.4, 0.5) is 5.00 Å². The van der Waals surface area contributed by atoms with Crippen molar-refractivity contribution in [1.29, 1.82) is 10.5 Å². The van der Waals surface area contributed by atoms with Crippen molar-refractivity contribution < 1.29 is 14.3 Å². The third-order valence-electron chi connectivity index (χ3n) is 6.64. The van der Waals surface area contributed by atoms with Gasteiger partial charge in [-0.3, -0.25) is 4.79 Å². The molecule has 0 radical (unpaired) electrons. The molecule has 1 heterocycles. The number of fused-ring (bicyclic) bond motifs is 2. The van der Waals surface area contributed by atoms with E-state index < -0.39 is 5.91 Å². The zero-order chi connectivity index (χ0) is 26.5. The molecular formula is C31H25N3O3S. The van der Waals surface area contributed by atoms with Crippen LogP contribution in [0.15, 0.2) is 66.2 Å². The van der Waals surface area contributed by atoms with Gasteiger partial charge in [0.2, 0.25) is 0 Å². The predicted octanol–water partition coefficient (Wildman–Crippen LogP) is 6.79. The molecule has 0 fully saturated rings. The number of hydrogen-bond acceptors (Lipinski definition) is 6. The van der Waals surface area contributed by atoms with Gasteiger partial charge in [-0.25, -0.2) is 0 Å². The monoisotopic (exact) mass is 519 g/mol. The highest BCUT2D eigenvalue weighted by Crippen LogP contribution is 2.38. The number of rotatable bonds is 7. The number of methoxy groups -OCH3 is 1. The summed E-state index contributed by atoms with van der Waals surface area (Å²) in [7, 11) is 1.55. The number of aryl methyl sites for hydroxylation is 1. The summed E-state index contributed by atoms with van der Waals surface area (Å²) in [6.45, 7) is 0.366. The lowest BCUT2D eigenvalue weighted by molar-refractivity contribution is -0.112. The third-order valence-corrected chi connectivity index (χ3v) is 7.84. The molecule has 0 aliphatic heterocycles. The molecule has 0 unspecified atom stereocenters. The molecule has 6 nitrogen and oxygen atoms in total. The number of nitrogens with zero attached hydrogens (tertiary/aromatic N) is 2. The molecule has 1 aromatic heterocycles. The summed E-state index contributed by atoms with van der Waals surface area (Å²) >= 11 is 1.43. The molecule has 1 N–H and O–H groups in total. The summed E-state index contributed by atoms with van der Waals surface area (Å²) in [4.78, 5) is 14.1. The summed E-state index contributed by atoms with van der Waals surface area (Å²) in [6, 6.07) is 23.7. The van der Waals surface area contributed by atoms with Gasteiger partial charge >= 0.3 is 0 Å². The average Bonchev–Trinajstić information content (AvgIpc) is 3.31. The number of thiophene rings is 1. The summed E-state index contributed by atoms with van der Waals surface area (Å²) in [5.74, 6) is 0.510. The van der Waals surface area contributed by atoms with Gasteiger partial charge in [0.05, 0.1) is 12.7 Å². The highest BCUT2D eigenvalue weighted by molar-refractivity contribution is 7.16. The van der Waals surface area contributed by atoms with Crippen LogP contribution in [0.2, 0.25) is 0 Å². The number of amides is 1. The van der Waals surface area contributed by atoms with Gasteiger partial charge < -0.3 is 14.8 Å². The van der Waals surface area contributed by atoms with Gasteiger partial charge in [0, 0.05) is 4.88 Å². The van der Waals surface area contributed by atoms with Crippen LogP contribution in [0.25, 0.3) is 16.8 Å². The maximum absolute atomic E-state index is 13.0. The van der Waals surface area contributed by atoms with E-state index in [9.17, 15) is 15.3 Å². The van der Waals surface area contributed by atoms with Crippen LogP contribution in [0.3, 0.4) is 0 Å². The normalized spacial score (nSPS) is 12.8. The lowest BCUT2D eigenvalue weighted by Gasteiger charge is -2.13. The van der Waals surface area contributed by atoms with Crippen molar-refractivity contribution in [1.82, 2.24) is 0 Å². The molecular weight excluding hydrogens is 494 g/mol. The number of anilines is 1. The Morgan fingerprint density at radius 2 is 1.87 bits per heavy atom. The molecule has 38 heavy (non-hydrogen) atoms. The van der Waals surface area contributed by atoms with Crippen LogP contribution in [0.1, 0.15) is 40.0 Å². The van der Waals surface area contributed by atoms with Crippen molar-refractivity contribution >= 4 is 39.1 Å². The van der Waals surface area contributed by atoms with Crippen molar-refractivity contribution in [2.75, 3.05) is 12.4 Å². The first kappa shape index (κ1) is 25.1. The van der Waals surface area contributed by atoms with Crippen LogP contribution in [-0.2, 0) is 24.2 Å². The third kappa shape index (κ3) is 5.11. The molecule has 1 aliphatic carbocycles. The van der Waals surface area contributed by atoms with Crippen LogP contribution >= 0.6 is 11.3 Å². The Labute approximate surface area is 225 Å². The smallest absolute Gasteiger partial charge is 0.266 e. The van der Waals surface area contributed by atoms with Crippen molar-refractivity contribution in [3.63, 3.8) is 0 Å². The zero-order valence-electron chi connectivity index (χ0n) is 20.9. The lowest BCUT2D eigenvalue weighted by Crippen LogP contribution is -2.13. The molecule has 188 valence electrons. The van der Waals surface area contributed by atoms with Gasteiger partial charge in [-0.15, -0.1) is 11.3 Å². The Balaban J connectivity index is 1.34. The SMILES string of the molecule is COc1cc(/C=C(\C#N)C(=O)Nc2sc3c(c2C#N)CCCC3)ccc1OCc1cccc2ccccc12. The van der Waals surface area contributed by atoms with Crippen molar-refractivity contribution in [2.24, 2.45) is 0 Å². The van der Waals surface area contributed by atoms with Crippen LogP contribution in [-0.4, -0.2) is 13.0 Å². The summed E-state index contributed by atoms with van der Waals surface area (Å²) in [5, 5.41) is 24.9. The van der Waals surface area contributed by atoms with E-state index in [4.69, 9.17) is 9.47 Å².